The maximum Gasteiger partial charge on any atom is 0.307 e. The molecule has 0 radical (unpaired) electrons. The van der Waals surface area contributed by atoms with Crippen molar-refractivity contribution in [3.05, 3.63) is 29.8 Å². The standard InChI is InChI=1S/C17H24N2O4/c1-13(2)18-6-8-19(9-7-18)16(20)12-23-15-5-3-4-14(10-15)11-17(21)22/h3-5,10,13H,6-9,11-12H2,1-2H3,(H,21,22). The van der Waals surface area contributed by atoms with Gasteiger partial charge in [0.15, 0.2) is 6.61 Å². The van der Waals surface area contributed by atoms with Crippen LogP contribution in [0, 0.1) is 0 Å². The molecule has 0 unspecified atom stereocenters. The lowest BCUT2D eigenvalue weighted by Crippen LogP contribution is -2.51. The third-order valence-corrected chi connectivity index (χ3v) is 4.01. The average Bonchev–Trinajstić information content (AvgIpc) is 2.52. The molecule has 1 aromatic rings. The van der Waals surface area contributed by atoms with Crippen molar-refractivity contribution in [2.24, 2.45) is 0 Å². The van der Waals surface area contributed by atoms with E-state index in [1.807, 2.05) is 4.90 Å². The van der Waals surface area contributed by atoms with Crippen LogP contribution in [-0.4, -0.2) is 65.6 Å². The van der Waals surface area contributed by atoms with Crippen molar-refractivity contribution >= 4 is 11.9 Å². The molecule has 1 aliphatic rings. The van der Waals surface area contributed by atoms with E-state index in [0.717, 1.165) is 26.2 Å². The molecule has 0 saturated carbocycles. The number of rotatable bonds is 6. The molecule has 1 N–H and O–H groups in total. The van der Waals surface area contributed by atoms with Crippen molar-refractivity contribution in [1.82, 2.24) is 9.80 Å². The second-order valence-corrected chi connectivity index (χ2v) is 6.02. The van der Waals surface area contributed by atoms with E-state index in [2.05, 4.69) is 18.7 Å². The number of carbonyl (C=O) groups is 2. The Balaban J connectivity index is 1.82. The second kappa shape index (κ2) is 7.97. The molecule has 6 heteroatoms. The van der Waals surface area contributed by atoms with Crippen LogP contribution < -0.4 is 4.74 Å². The molecule has 0 spiro atoms. The molecule has 1 fully saturated rings. The van der Waals surface area contributed by atoms with Crippen molar-refractivity contribution < 1.29 is 19.4 Å². The van der Waals surface area contributed by atoms with E-state index in [-0.39, 0.29) is 18.9 Å². The van der Waals surface area contributed by atoms with E-state index in [1.54, 1.807) is 24.3 Å². The molecule has 1 saturated heterocycles. The Bertz CT molecular complexity index is 551. The minimum atomic E-state index is -0.888. The van der Waals surface area contributed by atoms with Gasteiger partial charge in [0.25, 0.3) is 5.91 Å². The first-order chi connectivity index (χ1) is 11.0. The van der Waals surface area contributed by atoms with Gasteiger partial charge in [-0.25, -0.2) is 0 Å². The molecular weight excluding hydrogens is 296 g/mol. The SMILES string of the molecule is CC(C)N1CCN(C(=O)COc2cccc(CC(=O)O)c2)CC1. The van der Waals surface area contributed by atoms with E-state index in [4.69, 9.17) is 9.84 Å². The van der Waals surface area contributed by atoms with Crippen LogP contribution in [0.5, 0.6) is 5.75 Å². The van der Waals surface area contributed by atoms with Crippen molar-refractivity contribution in [2.75, 3.05) is 32.8 Å². The molecule has 0 aromatic heterocycles. The Labute approximate surface area is 136 Å². The van der Waals surface area contributed by atoms with Crippen LogP contribution >= 0.6 is 0 Å². The lowest BCUT2D eigenvalue weighted by Gasteiger charge is -2.36. The summed E-state index contributed by atoms with van der Waals surface area (Å²) in [4.78, 5) is 27.1. The summed E-state index contributed by atoms with van der Waals surface area (Å²) in [5.74, 6) is -0.392. The fourth-order valence-corrected chi connectivity index (χ4v) is 2.64. The molecule has 2 rings (SSSR count). The Kier molecular flexibility index (Phi) is 5.98. The number of hydrogen-bond donors (Lipinski definition) is 1. The van der Waals surface area contributed by atoms with Crippen LogP contribution in [0.4, 0.5) is 0 Å². The minimum Gasteiger partial charge on any atom is -0.484 e. The van der Waals surface area contributed by atoms with Crippen LogP contribution in [-0.2, 0) is 16.0 Å². The third kappa shape index (κ3) is 5.25. The molecule has 126 valence electrons. The van der Waals surface area contributed by atoms with E-state index >= 15 is 0 Å². The largest absolute Gasteiger partial charge is 0.484 e. The van der Waals surface area contributed by atoms with Crippen LogP contribution in [0.15, 0.2) is 24.3 Å². The van der Waals surface area contributed by atoms with Crippen LogP contribution in [0.3, 0.4) is 0 Å². The number of carbonyl (C=O) groups excluding carboxylic acids is 1. The summed E-state index contributed by atoms with van der Waals surface area (Å²) in [5.41, 5.74) is 0.660. The molecule has 0 atom stereocenters. The number of carboxylic acid groups (broad SMARTS) is 1. The van der Waals surface area contributed by atoms with Crippen molar-refractivity contribution in [3.63, 3.8) is 0 Å². The van der Waals surface area contributed by atoms with Gasteiger partial charge in [-0.3, -0.25) is 14.5 Å². The molecular formula is C17H24N2O4. The smallest absolute Gasteiger partial charge is 0.307 e. The number of amides is 1. The van der Waals surface area contributed by atoms with E-state index in [0.29, 0.717) is 17.4 Å². The summed E-state index contributed by atoms with van der Waals surface area (Å²) in [7, 11) is 0. The number of nitrogens with zero attached hydrogens (tertiary/aromatic N) is 2. The van der Waals surface area contributed by atoms with Gasteiger partial charge in [-0.05, 0) is 31.5 Å². The van der Waals surface area contributed by atoms with Gasteiger partial charge in [-0.15, -0.1) is 0 Å². The molecule has 6 nitrogen and oxygen atoms in total. The molecule has 1 heterocycles. The van der Waals surface area contributed by atoms with Gasteiger partial charge in [0.2, 0.25) is 0 Å². The predicted molar refractivity (Wildman–Crippen MR) is 86.6 cm³/mol. The highest BCUT2D eigenvalue weighted by atomic mass is 16.5. The molecule has 1 aliphatic heterocycles. The summed E-state index contributed by atoms with van der Waals surface area (Å²) in [5, 5.41) is 8.80. The topological polar surface area (TPSA) is 70.1 Å². The van der Waals surface area contributed by atoms with Crippen LogP contribution in [0.1, 0.15) is 19.4 Å². The van der Waals surface area contributed by atoms with Crippen molar-refractivity contribution in [2.45, 2.75) is 26.3 Å². The zero-order valence-electron chi connectivity index (χ0n) is 13.7. The van der Waals surface area contributed by atoms with Crippen molar-refractivity contribution in [3.8, 4) is 5.75 Å². The predicted octanol–water partition coefficient (Wildman–Crippen LogP) is 1.25. The van der Waals surface area contributed by atoms with Crippen LogP contribution in [0.2, 0.25) is 0 Å². The first-order valence-corrected chi connectivity index (χ1v) is 7.91. The fourth-order valence-electron chi connectivity index (χ4n) is 2.64. The highest BCUT2D eigenvalue weighted by Crippen LogP contribution is 2.14. The Hall–Kier alpha value is -2.08. The number of ether oxygens (including phenoxy) is 1. The Morgan fingerprint density at radius 3 is 2.52 bits per heavy atom. The molecule has 0 bridgehead atoms. The van der Waals surface area contributed by atoms with Gasteiger partial charge in [-0.2, -0.15) is 0 Å². The number of piperazine rings is 1. The van der Waals surface area contributed by atoms with Gasteiger partial charge in [0.05, 0.1) is 6.42 Å². The fraction of sp³-hybridized carbons (Fsp3) is 0.529. The zero-order chi connectivity index (χ0) is 16.8. The Morgan fingerprint density at radius 1 is 1.22 bits per heavy atom. The van der Waals surface area contributed by atoms with Gasteiger partial charge in [0, 0.05) is 32.2 Å². The van der Waals surface area contributed by atoms with E-state index in [9.17, 15) is 9.59 Å². The van der Waals surface area contributed by atoms with Gasteiger partial charge >= 0.3 is 5.97 Å². The summed E-state index contributed by atoms with van der Waals surface area (Å²) >= 11 is 0. The van der Waals surface area contributed by atoms with Crippen LogP contribution in [0.25, 0.3) is 0 Å². The summed E-state index contributed by atoms with van der Waals surface area (Å²) < 4.78 is 5.52. The Morgan fingerprint density at radius 2 is 1.91 bits per heavy atom. The maximum absolute atomic E-state index is 12.2. The normalized spacial score (nSPS) is 15.7. The van der Waals surface area contributed by atoms with Crippen molar-refractivity contribution in [1.29, 1.82) is 0 Å². The number of benzene rings is 1. The first kappa shape index (κ1) is 17.3. The molecule has 0 aliphatic carbocycles. The van der Waals surface area contributed by atoms with E-state index < -0.39 is 5.97 Å². The monoisotopic (exact) mass is 320 g/mol. The highest BCUT2D eigenvalue weighted by molar-refractivity contribution is 5.78. The maximum atomic E-state index is 12.2. The lowest BCUT2D eigenvalue weighted by atomic mass is 10.1. The minimum absolute atomic E-state index is 0.0157. The lowest BCUT2D eigenvalue weighted by molar-refractivity contribution is -0.136. The van der Waals surface area contributed by atoms with Gasteiger partial charge in [-0.1, -0.05) is 12.1 Å². The zero-order valence-corrected chi connectivity index (χ0v) is 13.7. The molecule has 23 heavy (non-hydrogen) atoms. The number of carboxylic acids is 1. The number of hydrogen-bond acceptors (Lipinski definition) is 4. The molecule has 1 aromatic carbocycles. The quantitative estimate of drug-likeness (QED) is 0.854. The van der Waals surface area contributed by atoms with Gasteiger partial charge in [0.1, 0.15) is 5.75 Å². The second-order valence-electron chi connectivity index (χ2n) is 6.02. The number of aliphatic carboxylic acids is 1. The molecule has 1 amide bonds. The van der Waals surface area contributed by atoms with E-state index in [1.165, 1.54) is 0 Å². The van der Waals surface area contributed by atoms with Gasteiger partial charge < -0.3 is 14.7 Å². The third-order valence-electron chi connectivity index (χ3n) is 4.01. The summed E-state index contributed by atoms with van der Waals surface area (Å²) in [6, 6.07) is 7.36. The summed E-state index contributed by atoms with van der Waals surface area (Å²) in [6.45, 7) is 7.52. The first-order valence-electron chi connectivity index (χ1n) is 7.91. The summed E-state index contributed by atoms with van der Waals surface area (Å²) in [6.07, 6.45) is -0.0533. The highest BCUT2D eigenvalue weighted by Gasteiger charge is 2.22. The average molecular weight is 320 g/mol.